The SMILES string of the molecule is CC12C=CC(=O)C=C1CCC1C2C(O)CC2(C)C1CC[C@]2(OC(=O)CCCCCO[N+](=O)[O-])C(=O)COC(=O)CCCCCO[N+](=O)[O-]. The summed E-state index contributed by atoms with van der Waals surface area (Å²) in [6.07, 6.45) is 8.93. The lowest BCUT2D eigenvalue weighted by Gasteiger charge is -2.59. The van der Waals surface area contributed by atoms with Gasteiger partial charge in [-0.15, -0.1) is 20.2 Å². The normalized spacial score (nSPS) is 31.8. The Labute approximate surface area is 278 Å². The number of ketones is 2. The number of hydrogen-bond donors (Lipinski definition) is 1. The van der Waals surface area contributed by atoms with Crippen LogP contribution in [0.5, 0.6) is 0 Å². The van der Waals surface area contributed by atoms with Crippen LogP contribution in [0.4, 0.5) is 0 Å². The van der Waals surface area contributed by atoms with Crippen molar-refractivity contribution in [3.63, 3.8) is 0 Å². The summed E-state index contributed by atoms with van der Waals surface area (Å²) in [5.74, 6) is -2.18. The van der Waals surface area contributed by atoms with Crippen LogP contribution in [-0.4, -0.2) is 70.3 Å². The van der Waals surface area contributed by atoms with Gasteiger partial charge in [-0.1, -0.05) is 38.3 Å². The van der Waals surface area contributed by atoms with Gasteiger partial charge in [0.25, 0.3) is 10.2 Å². The van der Waals surface area contributed by atoms with Gasteiger partial charge in [-0.3, -0.25) is 19.2 Å². The molecule has 0 saturated heterocycles. The third-order valence-electron chi connectivity index (χ3n) is 11.2. The minimum absolute atomic E-state index is 0.00842. The van der Waals surface area contributed by atoms with Gasteiger partial charge in [0.2, 0.25) is 5.78 Å². The number of esters is 2. The summed E-state index contributed by atoms with van der Waals surface area (Å²) in [6.45, 7) is 3.13. The molecule has 0 aromatic heterocycles. The molecule has 0 amide bonds. The number of fused-ring (bicyclic) bond motifs is 5. The molecule has 6 unspecified atom stereocenters. The Morgan fingerprint density at radius 3 is 2.19 bits per heavy atom. The molecule has 0 heterocycles. The highest BCUT2D eigenvalue weighted by Gasteiger charge is 2.70. The van der Waals surface area contributed by atoms with Crippen LogP contribution < -0.4 is 0 Å². The van der Waals surface area contributed by atoms with E-state index < -0.39 is 57.0 Å². The first kappa shape index (κ1) is 36.9. The van der Waals surface area contributed by atoms with Crippen LogP contribution in [0.25, 0.3) is 0 Å². The zero-order chi connectivity index (χ0) is 35.1. The average Bonchev–Trinajstić information content (AvgIpc) is 3.31. The Balaban J connectivity index is 1.48. The maximum absolute atomic E-state index is 14.2. The number of carbonyl (C=O) groups is 4. The lowest BCUT2D eigenvalue weighted by molar-refractivity contribution is -0.757. The van der Waals surface area contributed by atoms with Crippen molar-refractivity contribution >= 4 is 23.5 Å². The van der Waals surface area contributed by atoms with Crippen molar-refractivity contribution in [3.8, 4) is 0 Å². The number of ether oxygens (including phenoxy) is 2. The molecule has 0 aromatic rings. The molecular weight excluding hydrogens is 632 g/mol. The van der Waals surface area contributed by atoms with Gasteiger partial charge in [0.1, 0.15) is 0 Å². The predicted molar refractivity (Wildman–Crippen MR) is 166 cm³/mol. The summed E-state index contributed by atoms with van der Waals surface area (Å²) < 4.78 is 11.5. The summed E-state index contributed by atoms with van der Waals surface area (Å²) in [5, 5.41) is 30.7. The highest BCUT2D eigenvalue weighted by molar-refractivity contribution is 6.01. The maximum Gasteiger partial charge on any atom is 0.306 e. The van der Waals surface area contributed by atoms with Crippen LogP contribution in [0.15, 0.2) is 23.8 Å². The number of aliphatic hydroxyl groups excluding tert-OH is 1. The topological polar surface area (TPSA) is 212 Å². The van der Waals surface area contributed by atoms with Crippen molar-refractivity contribution in [1.29, 1.82) is 0 Å². The van der Waals surface area contributed by atoms with Gasteiger partial charge >= 0.3 is 11.9 Å². The van der Waals surface area contributed by atoms with Crippen LogP contribution in [0.1, 0.15) is 97.3 Å². The summed E-state index contributed by atoms with van der Waals surface area (Å²) in [4.78, 5) is 81.4. The molecule has 4 rings (SSSR count). The number of allylic oxidation sites excluding steroid dienone is 4. The van der Waals surface area contributed by atoms with Gasteiger partial charge in [0.15, 0.2) is 18.0 Å². The zero-order valence-corrected chi connectivity index (χ0v) is 27.6. The zero-order valence-electron chi connectivity index (χ0n) is 27.6. The smallest absolute Gasteiger partial charge is 0.306 e. The molecule has 7 atom stereocenters. The Bertz CT molecular complexity index is 1330. The second kappa shape index (κ2) is 15.6. The van der Waals surface area contributed by atoms with E-state index in [9.17, 15) is 44.5 Å². The third-order valence-corrected chi connectivity index (χ3v) is 11.2. The Morgan fingerprint density at radius 1 is 0.938 bits per heavy atom. The van der Waals surface area contributed by atoms with E-state index >= 15 is 0 Å². The monoisotopic (exact) mass is 678 g/mol. The number of unbranched alkanes of at least 4 members (excludes halogenated alkanes) is 4. The first-order chi connectivity index (χ1) is 22.7. The molecule has 266 valence electrons. The van der Waals surface area contributed by atoms with E-state index in [-0.39, 0.29) is 62.4 Å². The van der Waals surface area contributed by atoms with Crippen molar-refractivity contribution in [1.82, 2.24) is 0 Å². The van der Waals surface area contributed by atoms with E-state index in [0.29, 0.717) is 57.8 Å². The molecule has 0 aromatic carbocycles. The summed E-state index contributed by atoms with van der Waals surface area (Å²) >= 11 is 0. The lowest BCUT2D eigenvalue weighted by atomic mass is 9.46. The van der Waals surface area contributed by atoms with Crippen LogP contribution in [0.3, 0.4) is 0 Å². The molecule has 0 bridgehead atoms. The third kappa shape index (κ3) is 7.87. The van der Waals surface area contributed by atoms with Crippen LogP contribution in [-0.2, 0) is 38.3 Å². The fraction of sp³-hybridized carbons (Fsp3) is 0.758. The standard InChI is InChI=1S/C33H46N2O13/c1-31-15-13-23(36)19-22(31)11-12-24-25-14-16-33(32(25,2)20-26(37)30(24)31,48-29(40)10-6-4-8-18-47-35(43)44)27(38)21-45-28(39)9-5-3-7-17-46-34(41)42/h13,15,19,24-26,30,37H,3-12,14,16-18,20-21H2,1-2H3/t24?,25?,26?,30?,31?,32?,33-/m0/s1. The van der Waals surface area contributed by atoms with Gasteiger partial charge in [-0.25, -0.2) is 0 Å². The first-order valence-electron chi connectivity index (χ1n) is 16.8. The second-order valence-corrected chi connectivity index (χ2v) is 13.9. The van der Waals surface area contributed by atoms with E-state index in [1.54, 1.807) is 12.2 Å². The van der Waals surface area contributed by atoms with Crippen molar-refractivity contribution in [3.05, 3.63) is 44.0 Å². The minimum Gasteiger partial charge on any atom is -0.457 e. The van der Waals surface area contributed by atoms with Crippen molar-refractivity contribution in [2.75, 3.05) is 19.8 Å². The largest absolute Gasteiger partial charge is 0.457 e. The predicted octanol–water partition coefficient (Wildman–Crippen LogP) is 4.20. The molecule has 48 heavy (non-hydrogen) atoms. The van der Waals surface area contributed by atoms with Gasteiger partial charge in [-0.05, 0) is 81.8 Å². The number of nitrogens with zero attached hydrogens (tertiary/aromatic N) is 2. The van der Waals surface area contributed by atoms with Crippen LogP contribution in [0.2, 0.25) is 0 Å². The molecule has 1 N–H and O–H groups in total. The van der Waals surface area contributed by atoms with E-state index in [1.807, 2.05) is 19.9 Å². The number of rotatable bonds is 18. The van der Waals surface area contributed by atoms with Gasteiger partial charge in [0.05, 0.1) is 19.3 Å². The van der Waals surface area contributed by atoms with E-state index in [1.165, 1.54) is 0 Å². The fourth-order valence-corrected chi connectivity index (χ4v) is 8.95. The van der Waals surface area contributed by atoms with Crippen LogP contribution in [0, 0.1) is 48.8 Å². The molecular formula is C33H46N2O13. The Kier molecular flexibility index (Phi) is 12.0. The van der Waals surface area contributed by atoms with E-state index in [2.05, 4.69) is 9.68 Å². The molecule has 15 heteroatoms. The van der Waals surface area contributed by atoms with E-state index in [0.717, 1.165) is 5.57 Å². The molecule has 4 aliphatic rings. The quantitative estimate of drug-likeness (QED) is 0.0933. The number of carbonyl (C=O) groups excluding carboxylic acids is 4. The van der Waals surface area contributed by atoms with E-state index in [4.69, 9.17) is 9.47 Å². The van der Waals surface area contributed by atoms with Crippen molar-refractivity contribution < 1.29 is 53.6 Å². The Morgan fingerprint density at radius 2 is 1.56 bits per heavy atom. The lowest BCUT2D eigenvalue weighted by Crippen LogP contribution is -2.63. The summed E-state index contributed by atoms with van der Waals surface area (Å²) in [7, 11) is 0. The molecule has 4 aliphatic carbocycles. The fourth-order valence-electron chi connectivity index (χ4n) is 8.95. The summed E-state index contributed by atoms with van der Waals surface area (Å²) in [6, 6.07) is 0. The molecule has 0 spiro atoms. The first-order valence-corrected chi connectivity index (χ1v) is 16.8. The van der Waals surface area contributed by atoms with Gasteiger partial charge in [0, 0.05) is 29.6 Å². The second-order valence-electron chi connectivity index (χ2n) is 13.9. The van der Waals surface area contributed by atoms with Crippen molar-refractivity contribution in [2.45, 2.75) is 109 Å². The van der Waals surface area contributed by atoms with Gasteiger partial charge < -0.3 is 24.3 Å². The van der Waals surface area contributed by atoms with Crippen molar-refractivity contribution in [2.24, 2.45) is 28.6 Å². The molecule has 0 aliphatic heterocycles. The van der Waals surface area contributed by atoms with Crippen LogP contribution >= 0.6 is 0 Å². The molecule has 3 fully saturated rings. The minimum atomic E-state index is -1.65. The maximum atomic E-state index is 14.2. The molecule has 0 radical (unpaired) electrons. The molecule has 3 saturated carbocycles. The highest BCUT2D eigenvalue weighted by Crippen LogP contribution is 2.68. The summed E-state index contributed by atoms with van der Waals surface area (Å²) in [5.41, 5.74) is -2.14. The number of hydrogen-bond acceptors (Lipinski definition) is 13. The number of Topliss-reactive ketones (excluding diaryl/α,β-unsaturated/α-hetero) is 1. The number of aliphatic hydroxyl groups is 1. The average molecular weight is 679 g/mol. The highest BCUT2D eigenvalue weighted by atomic mass is 17.0. The Hall–Kier alpha value is -3.88. The van der Waals surface area contributed by atoms with Gasteiger partial charge in [-0.2, -0.15) is 0 Å². The molecule has 15 nitrogen and oxygen atoms in total.